The van der Waals surface area contributed by atoms with Crippen LogP contribution < -0.4 is 9.47 Å². The van der Waals surface area contributed by atoms with Gasteiger partial charge in [0, 0.05) is 6.42 Å². The van der Waals surface area contributed by atoms with Gasteiger partial charge in [0.1, 0.15) is 25.2 Å². The lowest BCUT2D eigenvalue weighted by atomic mass is 10.1. The van der Waals surface area contributed by atoms with Gasteiger partial charge < -0.3 is 19.0 Å². The van der Waals surface area contributed by atoms with Crippen LogP contribution in [0.1, 0.15) is 48.9 Å². The lowest BCUT2D eigenvalue weighted by Gasteiger charge is -2.14. The average Bonchev–Trinajstić information content (AvgIpc) is 2.77. The van der Waals surface area contributed by atoms with Crippen LogP contribution in [0.3, 0.4) is 0 Å². The van der Waals surface area contributed by atoms with Crippen molar-refractivity contribution in [3.63, 3.8) is 0 Å². The van der Waals surface area contributed by atoms with Crippen LogP contribution in [-0.4, -0.2) is 32.6 Å². The summed E-state index contributed by atoms with van der Waals surface area (Å²) in [5.74, 6) is 1.81. The SMILES string of the molecule is C/C=C/COc1cc(C)c(OCCCOCc2ccc(CCC(C)=NOC)cc2)c(C)c1. The maximum Gasteiger partial charge on any atom is 0.125 e. The molecule has 5 heteroatoms. The molecule has 0 bridgehead atoms. The first-order valence-electron chi connectivity index (χ1n) is 11.2. The molecule has 174 valence electrons. The van der Waals surface area contributed by atoms with Gasteiger partial charge in [-0.1, -0.05) is 41.6 Å². The third kappa shape index (κ3) is 9.15. The number of oxime groups is 1. The Labute approximate surface area is 193 Å². The molecule has 0 aliphatic carbocycles. The number of allylic oxidation sites excluding steroid dienone is 1. The fourth-order valence-corrected chi connectivity index (χ4v) is 3.32. The minimum atomic E-state index is 0.582. The third-order valence-electron chi connectivity index (χ3n) is 5.01. The van der Waals surface area contributed by atoms with Gasteiger partial charge >= 0.3 is 0 Å². The molecule has 0 N–H and O–H groups in total. The molecule has 0 saturated carbocycles. The fourth-order valence-electron chi connectivity index (χ4n) is 3.32. The number of hydrogen-bond acceptors (Lipinski definition) is 5. The normalized spacial score (nSPS) is 11.7. The Kier molecular flexibility index (Phi) is 11.4. The molecule has 0 saturated heterocycles. The Morgan fingerprint density at radius 2 is 1.66 bits per heavy atom. The van der Waals surface area contributed by atoms with E-state index in [2.05, 4.69) is 43.3 Å². The molecular weight excluding hydrogens is 402 g/mol. The number of ether oxygens (including phenoxy) is 3. The second kappa shape index (κ2) is 14.3. The van der Waals surface area contributed by atoms with Gasteiger partial charge in [-0.2, -0.15) is 0 Å². The van der Waals surface area contributed by atoms with Gasteiger partial charge in [0.25, 0.3) is 0 Å². The van der Waals surface area contributed by atoms with Crippen molar-refractivity contribution in [2.45, 2.75) is 53.6 Å². The Hall–Kier alpha value is -2.79. The highest BCUT2D eigenvalue weighted by molar-refractivity contribution is 5.81. The molecule has 0 amide bonds. The van der Waals surface area contributed by atoms with Gasteiger partial charge in [0.2, 0.25) is 0 Å². The van der Waals surface area contributed by atoms with Gasteiger partial charge in [-0.25, -0.2) is 0 Å². The van der Waals surface area contributed by atoms with Gasteiger partial charge in [-0.05, 0) is 74.9 Å². The van der Waals surface area contributed by atoms with Gasteiger partial charge in [-0.3, -0.25) is 0 Å². The van der Waals surface area contributed by atoms with Crippen molar-refractivity contribution in [1.82, 2.24) is 0 Å². The van der Waals surface area contributed by atoms with E-state index in [4.69, 9.17) is 19.0 Å². The quantitative estimate of drug-likeness (QED) is 0.152. The minimum absolute atomic E-state index is 0.582. The lowest BCUT2D eigenvalue weighted by molar-refractivity contribution is 0.107. The second-order valence-corrected chi connectivity index (χ2v) is 7.85. The molecule has 0 unspecified atom stereocenters. The van der Waals surface area contributed by atoms with Crippen LogP contribution in [0.5, 0.6) is 11.5 Å². The highest BCUT2D eigenvalue weighted by atomic mass is 16.6. The molecule has 0 heterocycles. The van der Waals surface area contributed by atoms with E-state index >= 15 is 0 Å². The summed E-state index contributed by atoms with van der Waals surface area (Å²) in [4.78, 5) is 4.80. The molecule has 2 aromatic rings. The molecular formula is C27H37NO4. The first kappa shape index (κ1) is 25.5. The zero-order valence-electron chi connectivity index (χ0n) is 20.1. The van der Waals surface area contributed by atoms with Gasteiger partial charge in [-0.15, -0.1) is 0 Å². The summed E-state index contributed by atoms with van der Waals surface area (Å²) in [5.41, 5.74) is 5.64. The number of nitrogens with zero attached hydrogens (tertiary/aromatic N) is 1. The summed E-state index contributed by atoms with van der Waals surface area (Å²) in [6.07, 6.45) is 6.67. The van der Waals surface area contributed by atoms with E-state index in [1.807, 2.05) is 38.1 Å². The van der Waals surface area contributed by atoms with E-state index < -0.39 is 0 Å². The monoisotopic (exact) mass is 439 g/mol. The standard InChI is InChI=1S/C27H37NO4/c1-6-7-16-31-26-18-21(2)27(22(3)19-26)32-17-8-15-30-20-25-13-11-24(12-14-25)10-9-23(4)28-29-5/h6-7,11-14,18-19H,8-10,15-17,20H2,1-5H3/b7-6+,28-23?. The minimum Gasteiger partial charge on any atom is -0.493 e. The van der Waals surface area contributed by atoms with E-state index in [-0.39, 0.29) is 0 Å². The predicted molar refractivity (Wildman–Crippen MR) is 131 cm³/mol. The molecule has 5 nitrogen and oxygen atoms in total. The van der Waals surface area contributed by atoms with Gasteiger partial charge in [0.05, 0.1) is 25.5 Å². The molecule has 0 atom stereocenters. The molecule has 32 heavy (non-hydrogen) atoms. The third-order valence-corrected chi connectivity index (χ3v) is 5.01. The molecule has 2 rings (SSSR count). The predicted octanol–water partition coefficient (Wildman–Crippen LogP) is 6.20. The van der Waals surface area contributed by atoms with Crippen molar-refractivity contribution < 1.29 is 19.0 Å². The van der Waals surface area contributed by atoms with Crippen LogP contribution in [0.25, 0.3) is 0 Å². The summed E-state index contributed by atoms with van der Waals surface area (Å²) in [6.45, 7) is 10.6. The number of benzene rings is 2. The molecule has 0 spiro atoms. The lowest BCUT2D eigenvalue weighted by Crippen LogP contribution is -2.05. The topological polar surface area (TPSA) is 49.3 Å². The molecule has 0 aromatic heterocycles. The number of aryl methyl sites for hydroxylation is 3. The molecule has 2 aromatic carbocycles. The van der Waals surface area contributed by atoms with E-state index in [1.165, 1.54) is 11.1 Å². The second-order valence-electron chi connectivity index (χ2n) is 7.85. The highest BCUT2D eigenvalue weighted by Crippen LogP contribution is 2.28. The first-order valence-corrected chi connectivity index (χ1v) is 11.2. The zero-order chi connectivity index (χ0) is 23.2. The summed E-state index contributed by atoms with van der Waals surface area (Å²) in [6, 6.07) is 12.6. The van der Waals surface area contributed by atoms with Crippen molar-refractivity contribution in [1.29, 1.82) is 0 Å². The molecule has 0 aliphatic heterocycles. The van der Waals surface area contributed by atoms with Crippen molar-refractivity contribution in [2.24, 2.45) is 5.16 Å². The summed E-state index contributed by atoms with van der Waals surface area (Å²) < 4.78 is 17.6. The van der Waals surface area contributed by atoms with Crippen LogP contribution in [0.15, 0.2) is 53.7 Å². The average molecular weight is 440 g/mol. The van der Waals surface area contributed by atoms with Crippen LogP contribution >= 0.6 is 0 Å². The van der Waals surface area contributed by atoms with Crippen molar-refractivity contribution in [3.8, 4) is 11.5 Å². The van der Waals surface area contributed by atoms with Crippen LogP contribution in [-0.2, 0) is 22.6 Å². The Morgan fingerprint density at radius 1 is 0.969 bits per heavy atom. The van der Waals surface area contributed by atoms with Crippen LogP contribution in [0.2, 0.25) is 0 Å². The summed E-state index contributed by atoms with van der Waals surface area (Å²) in [7, 11) is 1.58. The fraction of sp³-hybridized carbons (Fsp3) is 0.444. The summed E-state index contributed by atoms with van der Waals surface area (Å²) >= 11 is 0. The van der Waals surface area contributed by atoms with E-state index in [0.29, 0.717) is 26.4 Å². The largest absolute Gasteiger partial charge is 0.493 e. The van der Waals surface area contributed by atoms with E-state index in [0.717, 1.165) is 47.6 Å². The Balaban J connectivity index is 1.67. The Morgan fingerprint density at radius 3 is 2.31 bits per heavy atom. The van der Waals surface area contributed by atoms with Gasteiger partial charge in [0.15, 0.2) is 0 Å². The Bertz CT molecular complexity index is 849. The maximum absolute atomic E-state index is 6.01. The van der Waals surface area contributed by atoms with Crippen LogP contribution in [0.4, 0.5) is 0 Å². The van der Waals surface area contributed by atoms with Crippen molar-refractivity contribution in [2.75, 3.05) is 26.9 Å². The first-order chi connectivity index (χ1) is 15.5. The number of hydrogen-bond donors (Lipinski definition) is 0. The molecule has 0 fully saturated rings. The van der Waals surface area contributed by atoms with E-state index in [1.54, 1.807) is 7.11 Å². The van der Waals surface area contributed by atoms with Crippen LogP contribution in [0, 0.1) is 13.8 Å². The zero-order valence-corrected chi connectivity index (χ0v) is 20.1. The molecule has 0 radical (unpaired) electrons. The van der Waals surface area contributed by atoms with Crippen molar-refractivity contribution in [3.05, 3.63) is 70.8 Å². The highest BCUT2D eigenvalue weighted by Gasteiger charge is 2.07. The van der Waals surface area contributed by atoms with Crippen molar-refractivity contribution >= 4 is 5.71 Å². The number of rotatable bonds is 14. The summed E-state index contributed by atoms with van der Waals surface area (Å²) in [5, 5.41) is 3.95. The smallest absolute Gasteiger partial charge is 0.125 e. The van der Waals surface area contributed by atoms with E-state index in [9.17, 15) is 0 Å². The maximum atomic E-state index is 6.01. The molecule has 0 aliphatic rings.